The molecule has 0 aliphatic rings. The van der Waals surface area contributed by atoms with Gasteiger partial charge in [0.2, 0.25) is 0 Å². The monoisotopic (exact) mass is 159 g/mol. The molecule has 3 N–H and O–H groups in total. The van der Waals surface area contributed by atoms with Crippen LogP contribution in [0.5, 0.6) is 0 Å². The van der Waals surface area contributed by atoms with Crippen LogP contribution in [-0.2, 0) is 0 Å². The van der Waals surface area contributed by atoms with Gasteiger partial charge in [0.25, 0.3) is 5.91 Å². The number of H-pyrrole nitrogens is 1. The molecule has 3 nitrogen and oxygen atoms in total. The first kappa shape index (κ1) is 6.91. The van der Waals surface area contributed by atoms with Crippen LogP contribution in [-0.4, -0.2) is 10.9 Å². The highest BCUT2D eigenvalue weighted by Gasteiger charge is 2.03. The van der Waals surface area contributed by atoms with Gasteiger partial charge in [-0.25, -0.2) is 0 Å². The summed E-state index contributed by atoms with van der Waals surface area (Å²) in [5.41, 5.74) is 6.44. The van der Waals surface area contributed by atoms with Crippen LogP contribution in [0.2, 0.25) is 0 Å². The van der Waals surface area contributed by atoms with Crippen molar-refractivity contribution in [3.63, 3.8) is 0 Å². The Morgan fingerprint density at radius 1 is 1.58 bits per heavy atom. The van der Waals surface area contributed by atoms with E-state index in [0.717, 1.165) is 10.9 Å². The smallest absolute Gasteiger partial charge is 0.265 e. The molecule has 1 amide bonds. The normalized spacial score (nSPS) is 10.3. The molecule has 12 heavy (non-hydrogen) atoms. The van der Waals surface area contributed by atoms with Crippen LogP contribution < -0.4 is 5.73 Å². The molecule has 0 spiro atoms. The molecule has 1 aromatic heterocycles. The largest absolute Gasteiger partial charge is 0.364 e. The summed E-state index contributed by atoms with van der Waals surface area (Å²) < 4.78 is 0. The number of nitrogens with one attached hydrogen (secondary N) is 1. The number of hydrogen-bond donors (Lipinski definition) is 2. The standard InChI is InChI=1S/C9H7N2O/c10-9(12)8-5-6-3-1-2-4-7(6)11-8/h2-5,11H,(H2,10,12). The molecule has 0 atom stereocenters. The summed E-state index contributed by atoms with van der Waals surface area (Å²) in [4.78, 5) is 13.7. The van der Waals surface area contributed by atoms with Crippen molar-refractivity contribution in [2.75, 3.05) is 0 Å². The first-order chi connectivity index (χ1) is 5.77. The lowest BCUT2D eigenvalue weighted by Gasteiger charge is -1.84. The molecule has 59 valence electrons. The minimum Gasteiger partial charge on any atom is -0.364 e. The fourth-order valence-electron chi connectivity index (χ4n) is 1.15. The molecule has 1 aromatic carbocycles. The van der Waals surface area contributed by atoms with Gasteiger partial charge in [0.15, 0.2) is 0 Å². The molecule has 0 aliphatic heterocycles. The number of aromatic amines is 1. The molecule has 0 aliphatic carbocycles. The number of nitrogens with two attached hydrogens (primary N) is 1. The van der Waals surface area contributed by atoms with Crippen molar-refractivity contribution in [3.05, 3.63) is 36.0 Å². The van der Waals surface area contributed by atoms with E-state index in [0.29, 0.717) is 5.69 Å². The molecule has 3 heteroatoms. The van der Waals surface area contributed by atoms with Crippen molar-refractivity contribution in [1.29, 1.82) is 0 Å². The van der Waals surface area contributed by atoms with Gasteiger partial charge in [0, 0.05) is 10.9 Å². The second-order valence-corrected chi connectivity index (χ2v) is 2.56. The van der Waals surface area contributed by atoms with Gasteiger partial charge in [-0.3, -0.25) is 4.79 Å². The average Bonchev–Trinajstić information content (AvgIpc) is 2.46. The van der Waals surface area contributed by atoms with Crippen molar-refractivity contribution in [1.82, 2.24) is 4.98 Å². The molecular formula is C9H7N2O. The van der Waals surface area contributed by atoms with E-state index in [4.69, 9.17) is 5.73 Å². The second-order valence-electron chi connectivity index (χ2n) is 2.56. The second kappa shape index (κ2) is 2.37. The van der Waals surface area contributed by atoms with Gasteiger partial charge < -0.3 is 10.7 Å². The van der Waals surface area contributed by atoms with Crippen LogP contribution in [0.3, 0.4) is 0 Å². The summed E-state index contributed by atoms with van der Waals surface area (Å²) in [6, 6.07) is 10.1. The molecule has 0 bridgehead atoms. The molecular weight excluding hydrogens is 152 g/mol. The maximum atomic E-state index is 10.8. The van der Waals surface area contributed by atoms with E-state index >= 15 is 0 Å². The number of amides is 1. The van der Waals surface area contributed by atoms with Crippen LogP contribution in [0.4, 0.5) is 0 Å². The number of hydrogen-bond acceptors (Lipinski definition) is 1. The van der Waals surface area contributed by atoms with Crippen LogP contribution in [0.15, 0.2) is 24.3 Å². The first-order valence-corrected chi connectivity index (χ1v) is 3.56. The van der Waals surface area contributed by atoms with Crippen LogP contribution in [0.1, 0.15) is 10.5 Å². The third-order valence-electron chi connectivity index (χ3n) is 1.73. The summed E-state index contributed by atoms with van der Waals surface area (Å²) in [7, 11) is 0. The van der Waals surface area contributed by atoms with E-state index in [9.17, 15) is 4.79 Å². The molecule has 2 rings (SSSR count). The molecule has 0 fully saturated rings. The van der Waals surface area contributed by atoms with E-state index in [1.807, 2.05) is 6.07 Å². The van der Waals surface area contributed by atoms with Crippen LogP contribution in [0.25, 0.3) is 10.9 Å². The molecule has 0 saturated heterocycles. The third-order valence-corrected chi connectivity index (χ3v) is 1.73. The lowest BCUT2D eigenvalue weighted by molar-refractivity contribution is 0.0996. The summed E-state index contributed by atoms with van der Waals surface area (Å²) >= 11 is 0. The number of fused-ring (bicyclic) bond motifs is 1. The molecule has 1 radical (unpaired) electrons. The SMILES string of the molecule is NC(=O)c1cc2c[c]ccc2[nH]1. The molecule has 2 aromatic rings. The molecule has 0 unspecified atom stereocenters. The number of carbonyl (C=O) groups is 1. The fraction of sp³-hybridized carbons (Fsp3) is 0. The zero-order valence-electron chi connectivity index (χ0n) is 6.29. The van der Waals surface area contributed by atoms with E-state index in [1.54, 1.807) is 18.2 Å². The fourth-order valence-corrected chi connectivity index (χ4v) is 1.15. The lowest BCUT2D eigenvalue weighted by Crippen LogP contribution is -2.10. The lowest BCUT2D eigenvalue weighted by atomic mass is 10.2. The number of aromatic nitrogens is 1. The van der Waals surface area contributed by atoms with Crippen molar-refractivity contribution in [3.8, 4) is 0 Å². The third kappa shape index (κ3) is 0.955. The summed E-state index contributed by atoms with van der Waals surface area (Å²) in [5, 5.41) is 0.950. The average molecular weight is 159 g/mol. The Morgan fingerprint density at radius 2 is 2.42 bits per heavy atom. The van der Waals surface area contributed by atoms with Gasteiger partial charge in [-0.1, -0.05) is 6.07 Å². The number of carbonyl (C=O) groups excluding carboxylic acids is 1. The van der Waals surface area contributed by atoms with Gasteiger partial charge in [-0.15, -0.1) is 0 Å². The van der Waals surface area contributed by atoms with Crippen molar-refractivity contribution >= 4 is 16.8 Å². The minimum absolute atomic E-state index is 0.435. The maximum Gasteiger partial charge on any atom is 0.265 e. The highest BCUT2D eigenvalue weighted by molar-refractivity contribution is 5.96. The zero-order valence-corrected chi connectivity index (χ0v) is 6.29. The Labute approximate surface area is 69.2 Å². The quantitative estimate of drug-likeness (QED) is 0.642. The zero-order chi connectivity index (χ0) is 8.55. The van der Waals surface area contributed by atoms with Crippen molar-refractivity contribution in [2.24, 2.45) is 5.73 Å². The summed E-state index contributed by atoms with van der Waals surface area (Å²) in [6.07, 6.45) is 0. The highest BCUT2D eigenvalue weighted by atomic mass is 16.1. The molecule has 1 heterocycles. The van der Waals surface area contributed by atoms with Gasteiger partial charge in [-0.05, 0) is 24.3 Å². The molecule has 0 saturated carbocycles. The van der Waals surface area contributed by atoms with E-state index in [1.165, 1.54) is 0 Å². The number of primary amides is 1. The van der Waals surface area contributed by atoms with Gasteiger partial charge in [0.05, 0.1) is 0 Å². The van der Waals surface area contributed by atoms with E-state index < -0.39 is 5.91 Å². The van der Waals surface area contributed by atoms with Gasteiger partial charge >= 0.3 is 0 Å². The topological polar surface area (TPSA) is 58.9 Å². The highest BCUT2D eigenvalue weighted by Crippen LogP contribution is 2.13. The predicted octanol–water partition coefficient (Wildman–Crippen LogP) is 1.07. The Bertz CT molecular complexity index is 398. The van der Waals surface area contributed by atoms with E-state index in [2.05, 4.69) is 11.1 Å². The van der Waals surface area contributed by atoms with Crippen LogP contribution >= 0.6 is 0 Å². The number of rotatable bonds is 1. The van der Waals surface area contributed by atoms with Gasteiger partial charge in [-0.2, -0.15) is 0 Å². The maximum absolute atomic E-state index is 10.8. The van der Waals surface area contributed by atoms with Gasteiger partial charge in [0.1, 0.15) is 5.69 Å². The van der Waals surface area contributed by atoms with E-state index in [-0.39, 0.29) is 0 Å². The minimum atomic E-state index is -0.439. The Balaban J connectivity index is 2.70. The summed E-state index contributed by atoms with van der Waals surface area (Å²) in [6.45, 7) is 0. The Morgan fingerprint density at radius 3 is 3.08 bits per heavy atom. The Kier molecular flexibility index (Phi) is 1.37. The number of benzene rings is 1. The summed E-state index contributed by atoms with van der Waals surface area (Å²) in [5.74, 6) is -0.439. The first-order valence-electron chi connectivity index (χ1n) is 3.56. The van der Waals surface area contributed by atoms with Crippen molar-refractivity contribution in [2.45, 2.75) is 0 Å². The predicted molar refractivity (Wildman–Crippen MR) is 45.7 cm³/mol. The van der Waals surface area contributed by atoms with Crippen LogP contribution in [0, 0.1) is 6.07 Å². The Hall–Kier alpha value is -1.77. The van der Waals surface area contributed by atoms with Crippen molar-refractivity contribution < 1.29 is 4.79 Å².